The largest absolute Gasteiger partial charge is 0.508 e. The van der Waals surface area contributed by atoms with Crippen molar-refractivity contribution < 1.29 is 151 Å². The first-order chi connectivity index (χ1) is 70.0. The Labute approximate surface area is 866 Å². The van der Waals surface area contributed by atoms with E-state index in [0.29, 0.717) is 169 Å². The van der Waals surface area contributed by atoms with Crippen molar-refractivity contribution in [1.82, 2.24) is 56.7 Å². The number of likely N-dealkylation sites (tertiary alicyclic amines) is 1. The van der Waals surface area contributed by atoms with Gasteiger partial charge in [0.15, 0.2) is 6.73 Å². The second kappa shape index (κ2) is 74.8. The third-order valence-corrected chi connectivity index (χ3v) is 27.2. The fraction of sp³-hybridized carbons (Fsp3) is 0.660. The van der Waals surface area contributed by atoms with Crippen LogP contribution in [0, 0.1) is 17.8 Å². The molecule has 1 fully saturated rings. The number of aromatic nitrogens is 1. The number of phenols is 1. The number of anilines is 2. The number of ether oxygens (including phenoxy) is 14. The molecule has 2 heterocycles. The zero-order valence-electron chi connectivity index (χ0n) is 84.5. The zero-order valence-corrected chi connectivity index (χ0v) is 88.6. The number of hydrazine groups is 1. The standard InChI is InChI=1S/C94H151N15O32S5/c1-8-12-87(118)141-67-109(93(122)88(69(5)9-2)103-91(121)79-13-10-11-29-106(79)7)80(68(3)4)61-81(111)92-102-78(66-142-92)90(120)101-74(60-71-14-20-75(110)21-15-71)59-70(6)89(119)104-105-94(123)140-56-58-144-143-57-28-98-82(112)26-32-128-34-36-130-38-40-132-42-44-134-46-48-136-50-52-138-54-55-139-53-51-137-49-47-135-45-43-133-41-39-131-37-35-129-33-27-97-83(113)62-107(63-84(114)99-72-16-22-76(23-17-72)145(95,124)125)30-31-108(65-86(116)117)64-85(115)100-73-18-24-77(25-19-73)146(96,126)127/h14-25,66,68-70,74,79-81,88,110-111H,8-13,26-65,67H2,1-7H3,(H,97,113)(H,98,112)(H,99,114)(H,100,115)(H,101,120)(H,103,121)(H,104,119)(H,105,123)(H,116,117)(H2,95,124,125)(H2,96,126,127)/t69-,70+,74-,79-,80-,81-,88+/m1/s1. The number of carboxylic acids is 1. The number of carbonyl (C=O) groups excluding carboxylic acids is 10. The van der Waals surface area contributed by atoms with E-state index in [9.17, 15) is 84.9 Å². The van der Waals surface area contributed by atoms with Crippen LogP contribution in [0.2, 0.25) is 0 Å². The average molecular weight is 2160 g/mol. The van der Waals surface area contributed by atoms with E-state index >= 15 is 0 Å². The lowest BCUT2D eigenvalue weighted by Gasteiger charge is -2.39. The lowest BCUT2D eigenvalue weighted by Crippen LogP contribution is -2.59. The van der Waals surface area contributed by atoms with Gasteiger partial charge in [0.25, 0.3) is 5.91 Å². The van der Waals surface area contributed by atoms with Crippen molar-refractivity contribution in [3.8, 4) is 5.75 Å². The Hall–Kier alpha value is -9.06. The molecule has 52 heteroatoms. The summed E-state index contributed by atoms with van der Waals surface area (Å²) in [6.07, 6.45) is 2.03. The predicted molar refractivity (Wildman–Crippen MR) is 543 cm³/mol. The number of phenolic OH excluding ortho intramolecular Hbond substituents is 1. The molecule has 0 aliphatic carbocycles. The van der Waals surface area contributed by atoms with Gasteiger partial charge in [-0.15, -0.1) is 11.3 Å². The molecule has 0 saturated carbocycles. The second-order valence-electron chi connectivity index (χ2n) is 34.1. The van der Waals surface area contributed by atoms with Gasteiger partial charge in [-0.25, -0.2) is 42.3 Å². The number of rotatable bonds is 82. The first kappa shape index (κ1) is 127. The number of primary sulfonamides is 2. The summed E-state index contributed by atoms with van der Waals surface area (Å²) in [6, 6.07) is 13.7. The van der Waals surface area contributed by atoms with E-state index < -0.39 is 130 Å². The molecule has 5 rings (SSSR count). The van der Waals surface area contributed by atoms with Gasteiger partial charge < -0.3 is 118 Å². The molecule has 47 nitrogen and oxygen atoms in total. The lowest BCUT2D eigenvalue weighted by atomic mass is 9.92. The summed E-state index contributed by atoms with van der Waals surface area (Å²) >= 11 is 1.05. The first-order valence-electron chi connectivity index (χ1n) is 48.7. The number of nitrogens with zero attached hydrogens (tertiary/aromatic N) is 5. The fourth-order valence-electron chi connectivity index (χ4n) is 14.0. The SMILES string of the molecule is CCCC(=O)OCN(C(=O)[C@@H](NC(=O)[C@H]1CCCCN1C)[C@H](C)CC)[C@H](C[C@@H](O)c1nc(C(=O)N[C@@H](Cc2ccc(O)cc2)C[C@H](C)C(=O)NNC(=O)OCCSSCCNC(=O)CCOCCOCCOCCOCCOCCOCCOCCOCCOCCOCCOCCOCCNC(=O)CN(CCN(CC(=O)O)CC(=O)Nc2ccc(S(N)(=O)=O)cc2)CC(=O)Nc2ccc(S(N)(=O)=O)cc2)cs1)C(C)C. The Kier molecular flexibility index (Phi) is 65.2. The molecule has 0 bridgehead atoms. The molecule has 0 unspecified atom stereocenters. The van der Waals surface area contributed by atoms with Crippen molar-refractivity contribution in [1.29, 1.82) is 0 Å². The van der Waals surface area contributed by atoms with Crippen molar-refractivity contribution in [2.24, 2.45) is 28.0 Å². The van der Waals surface area contributed by atoms with Crippen LogP contribution in [-0.2, 0) is 136 Å². The normalized spacial score (nSPS) is 14.2. The van der Waals surface area contributed by atoms with Crippen molar-refractivity contribution in [3.63, 3.8) is 0 Å². The quantitative estimate of drug-likeness (QED) is 0.00993. The van der Waals surface area contributed by atoms with Crippen LogP contribution in [0.15, 0.2) is 88.0 Å². The van der Waals surface area contributed by atoms with Crippen LogP contribution >= 0.6 is 32.9 Å². The Balaban J connectivity index is 0.779. The number of amides is 9. The number of aliphatic carboxylic acids is 1. The van der Waals surface area contributed by atoms with Crippen molar-refractivity contribution in [2.45, 2.75) is 146 Å². The van der Waals surface area contributed by atoms with Gasteiger partial charge in [-0.2, -0.15) is 0 Å². The minimum absolute atomic E-state index is 0.00742. The Morgan fingerprint density at radius 1 is 0.541 bits per heavy atom. The van der Waals surface area contributed by atoms with E-state index in [1.807, 2.05) is 46.6 Å². The Bertz CT molecular complexity index is 4690. The van der Waals surface area contributed by atoms with Gasteiger partial charge in [-0.1, -0.05) is 88.1 Å². The highest BCUT2D eigenvalue weighted by atomic mass is 33.1. The number of aromatic hydroxyl groups is 1. The molecule has 1 saturated heterocycles. The van der Waals surface area contributed by atoms with Crippen molar-refractivity contribution in [2.75, 3.05) is 260 Å². The number of esters is 1. The van der Waals surface area contributed by atoms with Crippen LogP contribution in [0.3, 0.4) is 0 Å². The number of benzene rings is 3. The molecule has 4 aromatic rings. The van der Waals surface area contributed by atoms with Crippen LogP contribution in [-0.4, -0.2) is 396 Å². The number of aliphatic hydroxyl groups is 1. The van der Waals surface area contributed by atoms with Crippen molar-refractivity contribution >= 4 is 130 Å². The molecule has 1 aromatic heterocycles. The number of hydrogen-bond acceptors (Lipinski definition) is 38. The number of hydrogen-bond donors (Lipinski definition) is 13. The van der Waals surface area contributed by atoms with Gasteiger partial charge in [0.05, 0.1) is 201 Å². The fourth-order valence-corrected chi connectivity index (χ4v) is 17.6. The molecule has 1 aliphatic heterocycles. The van der Waals surface area contributed by atoms with Crippen LogP contribution < -0.4 is 53.0 Å². The summed E-state index contributed by atoms with van der Waals surface area (Å²) in [4.78, 5) is 155. The number of sulfonamides is 2. The molecule has 146 heavy (non-hydrogen) atoms. The summed E-state index contributed by atoms with van der Waals surface area (Å²) in [6.45, 7) is 18.3. The van der Waals surface area contributed by atoms with Crippen molar-refractivity contribution in [3.05, 3.63) is 94.4 Å². The number of aliphatic hydroxyl groups excluding tert-OH is 1. The van der Waals surface area contributed by atoms with E-state index in [1.54, 1.807) is 19.1 Å². The molecular formula is C94H151N15O32S5. The third kappa shape index (κ3) is 57.1. The Morgan fingerprint density at radius 3 is 1.47 bits per heavy atom. The summed E-state index contributed by atoms with van der Waals surface area (Å²) in [5.74, 6) is -5.80. The van der Waals surface area contributed by atoms with Gasteiger partial charge >= 0.3 is 18.0 Å². The van der Waals surface area contributed by atoms with Crippen LogP contribution in [0.1, 0.15) is 126 Å². The molecule has 0 radical (unpaired) electrons. The van der Waals surface area contributed by atoms with Gasteiger partial charge in [0, 0.05) is 91.7 Å². The lowest BCUT2D eigenvalue weighted by molar-refractivity contribution is -0.159. The Morgan fingerprint density at radius 2 is 1.01 bits per heavy atom. The summed E-state index contributed by atoms with van der Waals surface area (Å²) in [5, 5.41) is 60.2. The smallest absolute Gasteiger partial charge is 0.426 e. The number of carboxylic acid groups (broad SMARTS) is 1. The molecule has 7 atom stereocenters. The molecule has 0 spiro atoms. The monoisotopic (exact) mass is 2160 g/mol. The summed E-state index contributed by atoms with van der Waals surface area (Å²) < 4.78 is 124. The minimum atomic E-state index is -4.00. The number of thiazole rings is 1. The van der Waals surface area contributed by atoms with Crippen LogP contribution in [0.4, 0.5) is 16.2 Å². The molecule has 9 amide bonds. The van der Waals surface area contributed by atoms with E-state index in [0.717, 1.165) is 36.3 Å². The number of piperidine rings is 1. The van der Waals surface area contributed by atoms with E-state index in [4.69, 9.17) is 76.6 Å². The van der Waals surface area contributed by atoms with Crippen LogP contribution in [0.25, 0.3) is 0 Å². The molecule has 15 N–H and O–H groups in total. The van der Waals surface area contributed by atoms with E-state index in [-0.39, 0.29) is 159 Å². The topological polar surface area (TPSA) is 620 Å². The second-order valence-corrected chi connectivity index (χ2v) is 40.8. The van der Waals surface area contributed by atoms with E-state index in [1.165, 1.54) is 102 Å². The van der Waals surface area contributed by atoms with Gasteiger partial charge in [0.1, 0.15) is 35.2 Å². The number of likely N-dealkylation sites (N-methyl/N-ethyl adjacent to an activating group) is 1. The average Bonchev–Trinajstić information content (AvgIpc) is 1.14. The minimum Gasteiger partial charge on any atom is -0.508 e. The van der Waals surface area contributed by atoms with Gasteiger partial charge in [-0.05, 0) is 124 Å². The molecule has 1 aliphatic rings. The summed E-state index contributed by atoms with van der Waals surface area (Å²) in [7, 11) is -3.18. The molecular weight excluding hydrogens is 2010 g/mol. The summed E-state index contributed by atoms with van der Waals surface area (Å²) in [5.41, 5.74) is 5.83. The number of nitrogens with two attached hydrogens (primary N) is 2. The highest BCUT2D eigenvalue weighted by Gasteiger charge is 2.40. The number of nitrogens with one attached hydrogen (secondary N) is 8. The molecule has 824 valence electrons. The first-order valence-corrected chi connectivity index (χ1v) is 55.1. The predicted octanol–water partition coefficient (Wildman–Crippen LogP) is 3.03. The van der Waals surface area contributed by atoms with E-state index in [2.05, 4.69) is 47.7 Å². The maximum absolute atomic E-state index is 14.8. The van der Waals surface area contributed by atoms with Crippen LogP contribution in [0.5, 0.6) is 5.75 Å². The highest BCUT2D eigenvalue weighted by Crippen LogP contribution is 2.31. The van der Waals surface area contributed by atoms with Gasteiger partial charge in [0.2, 0.25) is 61.4 Å². The zero-order chi connectivity index (χ0) is 107. The third-order valence-electron chi connectivity index (χ3n) is 22.0. The number of carbonyl (C=O) groups is 11. The maximum Gasteiger partial charge on any atom is 0.426 e. The maximum atomic E-state index is 14.8. The highest BCUT2D eigenvalue weighted by molar-refractivity contribution is 8.76. The van der Waals surface area contributed by atoms with Gasteiger partial charge in [-0.3, -0.25) is 68.1 Å². The molecule has 3 aromatic carbocycles.